The maximum atomic E-state index is 13.6. The summed E-state index contributed by atoms with van der Waals surface area (Å²) in [5.74, 6) is -2.46. The number of hydrogen-bond donors (Lipinski definition) is 1. The number of ether oxygens (including phenoxy) is 1. The van der Waals surface area contributed by atoms with E-state index in [4.69, 9.17) is 33.2 Å². The lowest BCUT2D eigenvalue weighted by atomic mass is 10.2. The first-order valence-electron chi connectivity index (χ1n) is 6.98. The molecule has 1 atom stereocenters. The normalized spacial score (nSPS) is 11.3. The van der Waals surface area contributed by atoms with Crippen LogP contribution >= 0.6 is 23.2 Å². The van der Waals surface area contributed by atoms with Gasteiger partial charge in [-0.3, -0.25) is 4.79 Å². The number of rotatable bonds is 4. The second kappa shape index (κ2) is 7.97. The Morgan fingerprint density at radius 2 is 1.96 bits per heavy atom. The summed E-state index contributed by atoms with van der Waals surface area (Å²) in [7, 11) is 0. The van der Waals surface area contributed by atoms with Gasteiger partial charge in [0.05, 0.1) is 16.1 Å². The standard InChI is InChI=1S/C17H11Cl2FN2O3/c1-9(25-17(24)13-6-11(18)3-5-15(13)20)16(23)22-12-4-2-10(8-21)14(19)7-12/h2-7,9H,1H3,(H,22,23)/t9-/m0/s1. The molecule has 0 aliphatic rings. The van der Waals surface area contributed by atoms with Crippen LogP contribution in [-0.4, -0.2) is 18.0 Å². The van der Waals surface area contributed by atoms with Gasteiger partial charge >= 0.3 is 5.97 Å². The molecule has 1 N–H and O–H groups in total. The van der Waals surface area contributed by atoms with E-state index >= 15 is 0 Å². The van der Waals surface area contributed by atoms with Gasteiger partial charge in [-0.25, -0.2) is 9.18 Å². The van der Waals surface area contributed by atoms with Gasteiger partial charge in [0.25, 0.3) is 5.91 Å². The van der Waals surface area contributed by atoms with Crippen molar-refractivity contribution in [3.63, 3.8) is 0 Å². The average Bonchev–Trinajstić information content (AvgIpc) is 2.57. The third-order valence-electron chi connectivity index (χ3n) is 3.16. The highest BCUT2D eigenvalue weighted by Gasteiger charge is 2.21. The first-order valence-corrected chi connectivity index (χ1v) is 7.74. The van der Waals surface area contributed by atoms with Gasteiger partial charge in [0.15, 0.2) is 6.10 Å². The molecule has 0 fully saturated rings. The number of nitrogens with zero attached hydrogens (tertiary/aromatic N) is 1. The van der Waals surface area contributed by atoms with Crippen LogP contribution in [0.1, 0.15) is 22.8 Å². The van der Waals surface area contributed by atoms with Crippen LogP contribution in [0.15, 0.2) is 36.4 Å². The van der Waals surface area contributed by atoms with E-state index in [-0.39, 0.29) is 21.2 Å². The zero-order valence-corrected chi connectivity index (χ0v) is 14.4. The molecule has 0 bridgehead atoms. The molecule has 5 nitrogen and oxygen atoms in total. The van der Waals surface area contributed by atoms with Gasteiger partial charge in [-0.2, -0.15) is 5.26 Å². The van der Waals surface area contributed by atoms with Crippen molar-refractivity contribution in [3.8, 4) is 6.07 Å². The Labute approximate surface area is 152 Å². The van der Waals surface area contributed by atoms with E-state index in [0.29, 0.717) is 5.69 Å². The first kappa shape index (κ1) is 18.7. The fraction of sp³-hybridized carbons (Fsp3) is 0.118. The van der Waals surface area contributed by atoms with Crippen LogP contribution in [0.2, 0.25) is 10.0 Å². The zero-order chi connectivity index (χ0) is 18.6. The molecule has 0 heterocycles. The first-order chi connectivity index (χ1) is 11.8. The molecule has 0 saturated heterocycles. The summed E-state index contributed by atoms with van der Waals surface area (Å²) in [5, 5.41) is 11.6. The zero-order valence-electron chi connectivity index (χ0n) is 12.8. The Morgan fingerprint density at radius 3 is 2.60 bits per heavy atom. The van der Waals surface area contributed by atoms with E-state index in [2.05, 4.69) is 5.32 Å². The molecule has 0 saturated carbocycles. The molecule has 0 aliphatic heterocycles. The van der Waals surface area contributed by atoms with E-state index in [1.54, 1.807) is 0 Å². The fourth-order valence-electron chi connectivity index (χ4n) is 1.86. The van der Waals surface area contributed by atoms with Gasteiger partial charge in [0.1, 0.15) is 11.9 Å². The van der Waals surface area contributed by atoms with Gasteiger partial charge in [-0.05, 0) is 43.3 Å². The third kappa shape index (κ3) is 4.69. The molecule has 128 valence electrons. The highest BCUT2D eigenvalue weighted by molar-refractivity contribution is 6.32. The predicted molar refractivity (Wildman–Crippen MR) is 91.1 cm³/mol. The predicted octanol–water partition coefficient (Wildman–Crippen LogP) is 4.19. The molecule has 0 unspecified atom stereocenters. The van der Waals surface area contributed by atoms with Gasteiger partial charge < -0.3 is 10.1 Å². The topological polar surface area (TPSA) is 79.2 Å². The number of hydrogen-bond acceptors (Lipinski definition) is 4. The van der Waals surface area contributed by atoms with Crippen LogP contribution < -0.4 is 5.32 Å². The smallest absolute Gasteiger partial charge is 0.341 e. The second-order valence-corrected chi connectivity index (χ2v) is 5.81. The molecule has 0 radical (unpaired) electrons. The Bertz CT molecular complexity index is 881. The molecule has 25 heavy (non-hydrogen) atoms. The van der Waals surface area contributed by atoms with E-state index in [9.17, 15) is 14.0 Å². The van der Waals surface area contributed by atoms with E-state index in [1.165, 1.54) is 31.2 Å². The number of esters is 1. The second-order valence-electron chi connectivity index (χ2n) is 4.97. The Hall–Kier alpha value is -2.62. The minimum atomic E-state index is -1.19. The molecule has 0 spiro atoms. The maximum absolute atomic E-state index is 13.6. The lowest BCUT2D eigenvalue weighted by molar-refractivity contribution is -0.123. The molecule has 2 aromatic carbocycles. The Kier molecular flexibility index (Phi) is 5.97. The molecule has 0 aromatic heterocycles. The van der Waals surface area contributed by atoms with Crippen molar-refractivity contribution in [2.24, 2.45) is 0 Å². The SMILES string of the molecule is C[C@H](OC(=O)c1cc(Cl)ccc1F)C(=O)Nc1ccc(C#N)c(Cl)c1. The summed E-state index contributed by atoms with van der Waals surface area (Å²) < 4.78 is 18.6. The van der Waals surface area contributed by atoms with E-state index in [0.717, 1.165) is 12.1 Å². The summed E-state index contributed by atoms with van der Waals surface area (Å²) in [6.07, 6.45) is -1.19. The van der Waals surface area contributed by atoms with Crippen molar-refractivity contribution >= 4 is 40.8 Å². The van der Waals surface area contributed by atoms with E-state index < -0.39 is 23.8 Å². The van der Waals surface area contributed by atoms with Crippen molar-refractivity contribution in [2.75, 3.05) is 5.32 Å². The molecule has 2 aromatic rings. The summed E-state index contributed by atoms with van der Waals surface area (Å²) in [5.41, 5.74) is 0.218. The van der Waals surface area contributed by atoms with Crippen LogP contribution in [0, 0.1) is 17.1 Å². The molecule has 8 heteroatoms. The minimum absolute atomic E-state index is 0.165. The van der Waals surface area contributed by atoms with Crippen molar-refractivity contribution in [1.29, 1.82) is 5.26 Å². The highest BCUT2D eigenvalue weighted by atomic mass is 35.5. The number of amides is 1. The minimum Gasteiger partial charge on any atom is -0.449 e. The number of halogens is 3. The van der Waals surface area contributed by atoms with Gasteiger partial charge in [-0.1, -0.05) is 23.2 Å². The van der Waals surface area contributed by atoms with Crippen LogP contribution in [0.3, 0.4) is 0 Å². The van der Waals surface area contributed by atoms with Crippen molar-refractivity contribution in [1.82, 2.24) is 0 Å². The number of benzene rings is 2. The summed E-state index contributed by atoms with van der Waals surface area (Å²) in [6.45, 7) is 1.33. The quantitative estimate of drug-likeness (QED) is 0.806. The number of carbonyl (C=O) groups excluding carboxylic acids is 2. The lowest BCUT2D eigenvalue weighted by Crippen LogP contribution is -2.30. The lowest BCUT2D eigenvalue weighted by Gasteiger charge is -2.14. The van der Waals surface area contributed by atoms with Crippen molar-refractivity contribution in [3.05, 3.63) is 63.4 Å². The van der Waals surface area contributed by atoms with Gasteiger partial charge in [0, 0.05) is 10.7 Å². The summed E-state index contributed by atoms with van der Waals surface area (Å²) in [4.78, 5) is 24.0. The van der Waals surface area contributed by atoms with Crippen LogP contribution in [0.25, 0.3) is 0 Å². The van der Waals surface area contributed by atoms with Crippen LogP contribution in [0.4, 0.5) is 10.1 Å². The summed E-state index contributed by atoms with van der Waals surface area (Å²) >= 11 is 11.6. The van der Waals surface area contributed by atoms with Crippen LogP contribution in [-0.2, 0) is 9.53 Å². The number of anilines is 1. The monoisotopic (exact) mass is 380 g/mol. The number of nitriles is 1. The van der Waals surface area contributed by atoms with Gasteiger partial charge in [-0.15, -0.1) is 0 Å². The summed E-state index contributed by atoms with van der Waals surface area (Å²) in [6, 6.07) is 9.64. The fourth-order valence-corrected chi connectivity index (χ4v) is 2.25. The number of carbonyl (C=O) groups is 2. The molecular weight excluding hydrogens is 370 g/mol. The maximum Gasteiger partial charge on any atom is 0.341 e. The highest BCUT2D eigenvalue weighted by Crippen LogP contribution is 2.21. The molecule has 1 amide bonds. The average molecular weight is 381 g/mol. The Balaban J connectivity index is 2.05. The third-order valence-corrected chi connectivity index (χ3v) is 3.71. The number of nitrogens with one attached hydrogen (secondary N) is 1. The van der Waals surface area contributed by atoms with Crippen molar-refractivity contribution in [2.45, 2.75) is 13.0 Å². The van der Waals surface area contributed by atoms with E-state index in [1.807, 2.05) is 6.07 Å². The molecule has 0 aliphatic carbocycles. The van der Waals surface area contributed by atoms with Gasteiger partial charge in [0.2, 0.25) is 0 Å². The molecular formula is C17H11Cl2FN2O3. The molecule has 2 rings (SSSR count). The van der Waals surface area contributed by atoms with Crippen LogP contribution in [0.5, 0.6) is 0 Å². The Morgan fingerprint density at radius 1 is 1.24 bits per heavy atom. The van der Waals surface area contributed by atoms with Crippen molar-refractivity contribution < 1.29 is 18.7 Å². The largest absolute Gasteiger partial charge is 0.449 e.